The number of amides is 2. The van der Waals surface area contributed by atoms with Crippen molar-refractivity contribution < 1.29 is 19.4 Å². The first-order valence-electron chi connectivity index (χ1n) is 9.19. The average molecular weight is 373 g/mol. The van der Waals surface area contributed by atoms with Gasteiger partial charge in [0.25, 0.3) is 5.91 Å². The maximum Gasteiger partial charge on any atom is 0.251 e. The maximum absolute atomic E-state index is 12.6. The molecule has 146 valence electrons. The third-order valence-electron chi connectivity index (χ3n) is 5.90. The molecule has 2 aliphatic rings. The minimum absolute atomic E-state index is 0.0272. The molecule has 3 N–H and O–H groups in total. The molecule has 1 unspecified atom stereocenters. The summed E-state index contributed by atoms with van der Waals surface area (Å²) in [6, 6.07) is 6.70. The lowest BCUT2D eigenvalue weighted by atomic mass is 9.72. The van der Waals surface area contributed by atoms with Crippen LogP contribution in [0.4, 0.5) is 5.69 Å². The standard InChI is InChI=1S/C20H27N3O4/c1-3-17(25)22-16-7-4-6-15(10-16)18(26)21-11-20(12-24)14-27-13-19(23(20)2)8-5-9-19/h3-4,6-7,10,24H,1,5,8-9,11-14H2,2H3,(H,21,26)(H,22,25). The Morgan fingerprint density at radius 3 is 2.78 bits per heavy atom. The fraction of sp³-hybridized carbons (Fsp3) is 0.500. The zero-order valence-electron chi connectivity index (χ0n) is 15.7. The fourth-order valence-corrected chi connectivity index (χ4v) is 3.85. The maximum atomic E-state index is 12.6. The van der Waals surface area contributed by atoms with Crippen LogP contribution in [0.25, 0.3) is 0 Å². The number of aliphatic hydroxyl groups excluding tert-OH is 1. The first-order valence-corrected chi connectivity index (χ1v) is 9.19. The molecule has 27 heavy (non-hydrogen) atoms. The summed E-state index contributed by atoms with van der Waals surface area (Å²) in [5.41, 5.74) is 0.294. The number of carbonyl (C=O) groups is 2. The third-order valence-corrected chi connectivity index (χ3v) is 5.90. The lowest BCUT2D eigenvalue weighted by molar-refractivity contribution is -0.179. The molecule has 1 aromatic carbocycles. The van der Waals surface area contributed by atoms with Crippen LogP contribution in [0.5, 0.6) is 0 Å². The van der Waals surface area contributed by atoms with E-state index in [4.69, 9.17) is 4.74 Å². The largest absolute Gasteiger partial charge is 0.394 e. The van der Waals surface area contributed by atoms with Gasteiger partial charge in [-0.05, 0) is 50.6 Å². The molecule has 2 fully saturated rings. The first-order chi connectivity index (χ1) is 12.9. The first kappa shape index (κ1) is 19.5. The van der Waals surface area contributed by atoms with Crippen molar-refractivity contribution in [2.24, 2.45) is 0 Å². The van der Waals surface area contributed by atoms with Gasteiger partial charge >= 0.3 is 0 Å². The number of hydrogen-bond donors (Lipinski definition) is 3. The van der Waals surface area contributed by atoms with Crippen LogP contribution >= 0.6 is 0 Å². The van der Waals surface area contributed by atoms with Gasteiger partial charge in [0.2, 0.25) is 5.91 Å². The van der Waals surface area contributed by atoms with Crippen molar-refractivity contribution in [2.45, 2.75) is 30.3 Å². The summed E-state index contributed by atoms with van der Waals surface area (Å²) in [6.07, 6.45) is 4.42. The van der Waals surface area contributed by atoms with E-state index in [-0.39, 0.29) is 30.5 Å². The fourth-order valence-electron chi connectivity index (χ4n) is 3.85. The van der Waals surface area contributed by atoms with Gasteiger partial charge in [0.1, 0.15) is 0 Å². The normalized spacial score (nSPS) is 24.1. The van der Waals surface area contributed by atoms with Crippen LogP contribution in [0.1, 0.15) is 29.6 Å². The SMILES string of the molecule is C=CC(=O)Nc1cccc(C(=O)NCC2(CO)COCC3(CCC3)N2C)c1. The Kier molecular flexibility index (Phi) is 5.64. The molecular weight excluding hydrogens is 346 g/mol. The van der Waals surface area contributed by atoms with E-state index in [0.717, 1.165) is 19.3 Å². The van der Waals surface area contributed by atoms with Crippen molar-refractivity contribution >= 4 is 17.5 Å². The zero-order chi connectivity index (χ0) is 19.5. The second kappa shape index (κ2) is 7.80. The number of morpholine rings is 1. The Hall–Kier alpha value is -2.22. The molecule has 1 saturated carbocycles. The highest BCUT2D eigenvalue weighted by molar-refractivity contribution is 6.00. The van der Waals surface area contributed by atoms with Crippen molar-refractivity contribution in [2.75, 3.05) is 38.7 Å². The van der Waals surface area contributed by atoms with Crippen LogP contribution < -0.4 is 10.6 Å². The molecule has 1 aliphatic heterocycles. The molecule has 1 atom stereocenters. The molecule has 3 rings (SSSR count). The molecule has 1 aliphatic carbocycles. The highest BCUT2D eigenvalue weighted by Gasteiger charge is 2.53. The molecular formula is C20H27N3O4. The Morgan fingerprint density at radius 1 is 1.37 bits per heavy atom. The van der Waals surface area contributed by atoms with Crippen molar-refractivity contribution in [3.05, 3.63) is 42.5 Å². The smallest absolute Gasteiger partial charge is 0.251 e. The summed E-state index contributed by atoms with van der Waals surface area (Å²) in [5, 5.41) is 15.6. The van der Waals surface area contributed by atoms with Gasteiger partial charge < -0.3 is 20.5 Å². The Morgan fingerprint density at radius 2 is 2.15 bits per heavy atom. The molecule has 1 aromatic rings. The minimum atomic E-state index is -0.636. The van der Waals surface area contributed by atoms with Gasteiger partial charge in [0.15, 0.2) is 0 Å². The highest BCUT2D eigenvalue weighted by atomic mass is 16.5. The number of anilines is 1. The number of benzene rings is 1. The van der Waals surface area contributed by atoms with Gasteiger partial charge in [-0.3, -0.25) is 14.5 Å². The van der Waals surface area contributed by atoms with E-state index in [9.17, 15) is 14.7 Å². The molecule has 0 radical (unpaired) electrons. The minimum Gasteiger partial charge on any atom is -0.394 e. The predicted octanol–water partition coefficient (Wildman–Crippen LogP) is 1.16. The van der Waals surface area contributed by atoms with Gasteiger partial charge in [0, 0.05) is 23.3 Å². The monoisotopic (exact) mass is 373 g/mol. The molecule has 7 nitrogen and oxygen atoms in total. The van der Waals surface area contributed by atoms with Gasteiger partial charge in [-0.2, -0.15) is 0 Å². The molecule has 1 spiro atoms. The van der Waals surface area contributed by atoms with Crippen molar-refractivity contribution in [1.29, 1.82) is 0 Å². The van der Waals surface area contributed by atoms with E-state index in [1.165, 1.54) is 6.08 Å². The van der Waals surface area contributed by atoms with Gasteiger partial charge in [0.05, 0.1) is 25.4 Å². The molecule has 7 heteroatoms. The average Bonchev–Trinajstić information content (AvgIpc) is 2.66. The van der Waals surface area contributed by atoms with Crippen LogP contribution in [0.2, 0.25) is 0 Å². The van der Waals surface area contributed by atoms with Crippen LogP contribution in [-0.2, 0) is 9.53 Å². The van der Waals surface area contributed by atoms with E-state index < -0.39 is 5.54 Å². The number of likely N-dealkylation sites (N-methyl/N-ethyl adjacent to an activating group) is 1. The number of hydrogen-bond acceptors (Lipinski definition) is 5. The topological polar surface area (TPSA) is 90.9 Å². The van der Waals surface area contributed by atoms with Crippen molar-refractivity contribution in [3.8, 4) is 0 Å². The zero-order valence-corrected chi connectivity index (χ0v) is 15.7. The Bertz CT molecular complexity index is 732. The number of rotatable bonds is 6. The third kappa shape index (κ3) is 3.76. The number of ether oxygens (including phenoxy) is 1. The summed E-state index contributed by atoms with van der Waals surface area (Å²) in [6.45, 7) is 4.64. The van der Waals surface area contributed by atoms with Crippen molar-refractivity contribution in [1.82, 2.24) is 10.2 Å². The van der Waals surface area contributed by atoms with E-state index in [0.29, 0.717) is 24.5 Å². The lowest BCUT2D eigenvalue weighted by Crippen LogP contribution is -2.73. The quantitative estimate of drug-likeness (QED) is 0.651. The number of nitrogens with zero attached hydrogens (tertiary/aromatic N) is 1. The molecule has 0 aromatic heterocycles. The Labute approximate surface area is 159 Å². The van der Waals surface area contributed by atoms with E-state index >= 15 is 0 Å². The summed E-state index contributed by atoms with van der Waals surface area (Å²) >= 11 is 0. The summed E-state index contributed by atoms with van der Waals surface area (Å²) in [5.74, 6) is -0.599. The molecule has 1 heterocycles. The summed E-state index contributed by atoms with van der Waals surface area (Å²) in [7, 11) is 2.01. The predicted molar refractivity (Wildman–Crippen MR) is 103 cm³/mol. The number of carbonyl (C=O) groups excluding carboxylic acids is 2. The summed E-state index contributed by atoms with van der Waals surface area (Å²) < 4.78 is 5.81. The second-order valence-electron chi connectivity index (χ2n) is 7.47. The van der Waals surface area contributed by atoms with Crippen LogP contribution in [0.3, 0.4) is 0 Å². The van der Waals surface area contributed by atoms with Crippen LogP contribution in [0, 0.1) is 0 Å². The second-order valence-corrected chi connectivity index (χ2v) is 7.47. The van der Waals surface area contributed by atoms with Gasteiger partial charge in [-0.1, -0.05) is 12.6 Å². The van der Waals surface area contributed by atoms with Gasteiger partial charge in [-0.25, -0.2) is 0 Å². The Balaban J connectivity index is 1.68. The van der Waals surface area contributed by atoms with Crippen molar-refractivity contribution in [3.63, 3.8) is 0 Å². The van der Waals surface area contributed by atoms with E-state index in [1.54, 1.807) is 24.3 Å². The molecule has 2 amide bonds. The molecule has 0 bridgehead atoms. The summed E-state index contributed by atoms with van der Waals surface area (Å²) in [4.78, 5) is 26.3. The highest BCUT2D eigenvalue weighted by Crippen LogP contribution is 2.43. The molecule has 1 saturated heterocycles. The van der Waals surface area contributed by atoms with Gasteiger partial charge in [-0.15, -0.1) is 0 Å². The lowest BCUT2D eigenvalue weighted by Gasteiger charge is -2.59. The van der Waals surface area contributed by atoms with E-state index in [2.05, 4.69) is 22.1 Å². The van der Waals surface area contributed by atoms with Crippen LogP contribution in [0.15, 0.2) is 36.9 Å². The number of aliphatic hydroxyl groups is 1. The number of nitrogens with one attached hydrogen (secondary N) is 2. The van der Waals surface area contributed by atoms with E-state index in [1.807, 2.05) is 7.05 Å². The van der Waals surface area contributed by atoms with Crippen LogP contribution in [-0.4, -0.2) is 66.3 Å².